The first kappa shape index (κ1) is 20.5. The van der Waals surface area contributed by atoms with Gasteiger partial charge in [-0.1, -0.05) is 30.7 Å². The summed E-state index contributed by atoms with van der Waals surface area (Å²) in [6.45, 7) is 4.76. The molecule has 30 heavy (non-hydrogen) atoms. The van der Waals surface area contributed by atoms with Crippen molar-refractivity contribution in [2.24, 2.45) is 5.92 Å². The molecule has 3 aromatic rings. The van der Waals surface area contributed by atoms with Gasteiger partial charge >= 0.3 is 0 Å². The van der Waals surface area contributed by atoms with Gasteiger partial charge in [0.05, 0.1) is 5.39 Å². The summed E-state index contributed by atoms with van der Waals surface area (Å²) in [5.41, 5.74) is 5.19. The Kier molecular flexibility index (Phi) is 5.86. The molecule has 1 heterocycles. The highest BCUT2D eigenvalue weighted by atomic mass is 19.1. The molecule has 1 saturated carbocycles. The lowest BCUT2D eigenvalue weighted by atomic mass is 9.77. The molecule has 0 spiro atoms. The van der Waals surface area contributed by atoms with Crippen molar-refractivity contribution >= 4 is 10.8 Å². The van der Waals surface area contributed by atoms with Gasteiger partial charge < -0.3 is 10.7 Å². The smallest absolute Gasteiger partial charge is 0.279 e. The van der Waals surface area contributed by atoms with Crippen molar-refractivity contribution in [3.8, 4) is 0 Å². The summed E-state index contributed by atoms with van der Waals surface area (Å²) in [4.78, 5) is 12.9. The van der Waals surface area contributed by atoms with Crippen molar-refractivity contribution in [2.75, 3.05) is 12.0 Å². The van der Waals surface area contributed by atoms with Crippen LogP contribution >= 0.6 is 0 Å². The molecule has 1 aliphatic rings. The van der Waals surface area contributed by atoms with E-state index in [0.717, 1.165) is 29.7 Å². The fraction of sp³-hybridized carbons (Fsp3) is 0.375. The molecule has 1 aromatic heterocycles. The molecule has 0 unspecified atom stereocenters. The lowest BCUT2D eigenvalue weighted by molar-refractivity contribution is 0.229. The van der Waals surface area contributed by atoms with Crippen LogP contribution in [-0.4, -0.2) is 11.2 Å². The molecule has 1 atom stereocenters. The third kappa shape index (κ3) is 3.72. The lowest BCUT2D eigenvalue weighted by Gasteiger charge is -2.35. The van der Waals surface area contributed by atoms with Gasteiger partial charge in [0.2, 0.25) is 0 Å². The van der Waals surface area contributed by atoms with Crippen molar-refractivity contribution in [3.63, 3.8) is 0 Å². The van der Waals surface area contributed by atoms with Crippen molar-refractivity contribution in [2.45, 2.75) is 45.7 Å². The van der Waals surface area contributed by atoms with Crippen LogP contribution in [0.2, 0.25) is 0 Å². The number of fused-ring (bicyclic) bond motifs is 1. The Labute approximate surface area is 174 Å². The maximum atomic E-state index is 14.6. The number of benzene rings is 2. The highest BCUT2D eigenvalue weighted by molar-refractivity contribution is 5.86. The third-order valence-corrected chi connectivity index (χ3v) is 6.17. The van der Waals surface area contributed by atoms with E-state index in [1.54, 1.807) is 24.3 Å². The molecule has 158 valence electrons. The van der Waals surface area contributed by atoms with Crippen LogP contribution in [0.5, 0.6) is 0 Å². The van der Waals surface area contributed by atoms with E-state index in [0.29, 0.717) is 24.4 Å². The quantitative estimate of drug-likeness (QED) is 0.588. The maximum Gasteiger partial charge on any atom is 0.279 e. The average molecular weight is 411 g/mol. The molecule has 1 fully saturated rings. The average Bonchev–Trinajstić information content (AvgIpc) is 2.68. The minimum absolute atomic E-state index is 0.0111. The topological polar surface area (TPSA) is 46.1 Å². The summed E-state index contributed by atoms with van der Waals surface area (Å²) in [7, 11) is 0. The van der Waals surface area contributed by atoms with Gasteiger partial charge in [0.25, 0.3) is 5.56 Å². The SMILES string of the molecule is CCNn1c(C)c(CN[C@H](c2cccc(F)c2)C2CCC2)c2cccc(F)c2c1=O. The normalized spacial score (nSPS) is 15.2. The van der Waals surface area contributed by atoms with Gasteiger partial charge in [-0.05, 0) is 67.3 Å². The Hall–Kier alpha value is -2.73. The Morgan fingerprint density at radius 3 is 2.60 bits per heavy atom. The van der Waals surface area contributed by atoms with Gasteiger partial charge in [-0.15, -0.1) is 0 Å². The number of halogens is 2. The van der Waals surface area contributed by atoms with Crippen molar-refractivity contribution in [1.82, 2.24) is 9.99 Å². The zero-order valence-electron chi connectivity index (χ0n) is 17.3. The van der Waals surface area contributed by atoms with E-state index in [1.165, 1.54) is 23.2 Å². The van der Waals surface area contributed by atoms with Crippen LogP contribution in [-0.2, 0) is 6.54 Å². The summed E-state index contributed by atoms with van der Waals surface area (Å²) < 4.78 is 29.9. The van der Waals surface area contributed by atoms with Crippen LogP contribution in [0.3, 0.4) is 0 Å². The molecule has 0 amide bonds. The molecule has 0 bridgehead atoms. The molecule has 2 aromatic carbocycles. The molecule has 2 N–H and O–H groups in total. The first-order valence-electron chi connectivity index (χ1n) is 10.6. The number of pyridine rings is 1. The molecular formula is C24H27F2N3O. The molecular weight excluding hydrogens is 384 g/mol. The monoisotopic (exact) mass is 411 g/mol. The summed E-state index contributed by atoms with van der Waals surface area (Å²) >= 11 is 0. The molecule has 0 radical (unpaired) electrons. The standard InChI is InChI=1S/C24H27F2N3O/c1-3-28-29-15(2)20(19-11-6-12-21(26)22(19)24(29)30)14-27-23(16-7-4-8-16)17-9-5-10-18(25)13-17/h5-6,9-13,16,23,27-28H,3-4,7-8,14H2,1-2H3/t23-/m0/s1. The molecule has 4 nitrogen and oxygen atoms in total. The first-order chi connectivity index (χ1) is 14.5. The third-order valence-electron chi connectivity index (χ3n) is 6.17. The summed E-state index contributed by atoms with van der Waals surface area (Å²) in [6, 6.07) is 11.5. The van der Waals surface area contributed by atoms with Crippen molar-refractivity contribution in [3.05, 3.63) is 81.3 Å². The summed E-state index contributed by atoms with van der Waals surface area (Å²) in [5, 5.41) is 4.30. The highest BCUT2D eigenvalue weighted by Crippen LogP contribution is 2.38. The van der Waals surface area contributed by atoms with Crippen LogP contribution in [0.25, 0.3) is 10.8 Å². The van der Waals surface area contributed by atoms with Crippen molar-refractivity contribution < 1.29 is 8.78 Å². The van der Waals surface area contributed by atoms with Gasteiger partial charge in [-0.3, -0.25) is 4.79 Å². The Balaban J connectivity index is 1.75. The van der Waals surface area contributed by atoms with Gasteiger partial charge in [-0.25, -0.2) is 13.5 Å². The zero-order valence-corrected chi connectivity index (χ0v) is 17.3. The van der Waals surface area contributed by atoms with Gasteiger partial charge in [-0.2, -0.15) is 0 Å². The molecule has 1 aliphatic carbocycles. The minimum Gasteiger partial charge on any atom is -0.323 e. The second-order valence-electron chi connectivity index (χ2n) is 7.98. The number of rotatable bonds is 7. The van der Waals surface area contributed by atoms with E-state index in [2.05, 4.69) is 10.7 Å². The number of hydrogen-bond acceptors (Lipinski definition) is 3. The fourth-order valence-electron chi connectivity index (χ4n) is 4.40. The van der Waals surface area contributed by atoms with E-state index in [4.69, 9.17) is 0 Å². The fourth-order valence-corrected chi connectivity index (χ4v) is 4.40. The first-order valence-corrected chi connectivity index (χ1v) is 10.6. The summed E-state index contributed by atoms with van der Waals surface area (Å²) in [5.74, 6) is -0.330. The lowest BCUT2D eigenvalue weighted by Crippen LogP contribution is -2.35. The van der Waals surface area contributed by atoms with E-state index < -0.39 is 5.82 Å². The highest BCUT2D eigenvalue weighted by Gasteiger charge is 2.29. The van der Waals surface area contributed by atoms with E-state index in [-0.39, 0.29) is 22.8 Å². The van der Waals surface area contributed by atoms with Crippen LogP contribution in [0.15, 0.2) is 47.3 Å². The minimum atomic E-state index is -0.522. The maximum absolute atomic E-state index is 14.6. The second-order valence-corrected chi connectivity index (χ2v) is 7.98. The Morgan fingerprint density at radius 1 is 1.17 bits per heavy atom. The molecule has 0 aliphatic heterocycles. The van der Waals surface area contributed by atoms with E-state index in [9.17, 15) is 13.6 Å². The number of nitrogens with one attached hydrogen (secondary N) is 2. The van der Waals surface area contributed by atoms with Gasteiger partial charge in [0, 0.05) is 24.8 Å². The second kappa shape index (κ2) is 8.56. The van der Waals surface area contributed by atoms with E-state index >= 15 is 0 Å². The Morgan fingerprint density at radius 2 is 1.93 bits per heavy atom. The molecule has 0 saturated heterocycles. The molecule has 4 rings (SSSR count). The van der Waals surface area contributed by atoms with Gasteiger partial charge in [0.15, 0.2) is 0 Å². The predicted molar refractivity (Wildman–Crippen MR) is 116 cm³/mol. The van der Waals surface area contributed by atoms with Crippen LogP contribution in [0.1, 0.15) is 49.0 Å². The number of aromatic nitrogens is 1. The molecule has 6 heteroatoms. The largest absolute Gasteiger partial charge is 0.323 e. The zero-order chi connectivity index (χ0) is 21.3. The Bertz CT molecular complexity index is 1120. The predicted octanol–water partition coefficient (Wildman–Crippen LogP) is 4.78. The number of nitrogens with zero attached hydrogens (tertiary/aromatic N) is 1. The number of hydrogen-bond donors (Lipinski definition) is 2. The van der Waals surface area contributed by atoms with E-state index in [1.807, 2.05) is 19.9 Å². The van der Waals surface area contributed by atoms with Crippen LogP contribution in [0.4, 0.5) is 8.78 Å². The summed E-state index contributed by atoms with van der Waals surface area (Å²) in [6.07, 6.45) is 3.37. The van der Waals surface area contributed by atoms with Crippen molar-refractivity contribution in [1.29, 1.82) is 0 Å². The van der Waals surface area contributed by atoms with Crippen LogP contribution in [0, 0.1) is 24.5 Å². The van der Waals surface area contributed by atoms with Crippen LogP contribution < -0.4 is 16.3 Å². The van der Waals surface area contributed by atoms with Gasteiger partial charge in [0.1, 0.15) is 11.6 Å².